The number of hydrogen-bond donors (Lipinski definition) is 0. The Hall–Kier alpha value is -1.90. The van der Waals surface area contributed by atoms with Gasteiger partial charge in [-0.1, -0.05) is 42.5 Å². The fourth-order valence-electron chi connectivity index (χ4n) is 5.17. The molecule has 0 aromatic carbocycles. The normalized spacial score (nSPS) is 31.5. The van der Waals surface area contributed by atoms with E-state index in [0.717, 1.165) is 6.42 Å². The van der Waals surface area contributed by atoms with Gasteiger partial charge >= 0.3 is 0 Å². The maximum atomic E-state index is 13.2. The van der Waals surface area contributed by atoms with E-state index < -0.39 is 11.1 Å². The van der Waals surface area contributed by atoms with Crippen LogP contribution in [0.1, 0.15) is 34.1 Å². The first kappa shape index (κ1) is 14.4. The van der Waals surface area contributed by atoms with Crippen LogP contribution in [0.25, 0.3) is 0 Å². The Morgan fingerprint density at radius 3 is 2.62 bits per heavy atom. The van der Waals surface area contributed by atoms with Gasteiger partial charge in [0.05, 0.1) is 11.1 Å². The summed E-state index contributed by atoms with van der Waals surface area (Å²) in [5, 5.41) is 14.5. The minimum Gasteiger partial charge on any atom is -0.135 e. The highest BCUT2D eigenvalue weighted by Crippen LogP contribution is 2.57. The fraction of sp³-hybridized carbons (Fsp3) is 0.364. The number of allylic oxidation sites excluding steroid dienone is 10. The van der Waals surface area contributed by atoms with Crippen LogP contribution in [0.4, 0.5) is 0 Å². The van der Waals surface area contributed by atoms with E-state index in [1.807, 2.05) is 0 Å². The second-order valence-electron chi connectivity index (χ2n) is 8.40. The molecule has 1 unspecified atom stereocenters. The van der Waals surface area contributed by atoms with Crippen molar-refractivity contribution in [3.05, 3.63) is 81.5 Å². The summed E-state index contributed by atoms with van der Waals surface area (Å²) < 4.78 is 0. The standard InChI is InChI=1S/C22H22NO/c1-21(2)16-11-10-14-9-8-13-6-5-7-15-12-17(22(3,4)23(21)24)20(16)19(14)18(13)15/h5-9,11-12,18H,10H2,1-4H3. The highest BCUT2D eigenvalue weighted by molar-refractivity contribution is 5.74. The molecule has 2 nitrogen and oxygen atoms in total. The van der Waals surface area contributed by atoms with Gasteiger partial charge in [-0.3, -0.25) is 0 Å². The van der Waals surface area contributed by atoms with E-state index in [1.54, 1.807) is 0 Å². The first-order chi connectivity index (χ1) is 11.3. The molecule has 0 N–H and O–H groups in total. The van der Waals surface area contributed by atoms with Crippen molar-refractivity contribution in [3.63, 3.8) is 0 Å². The van der Waals surface area contributed by atoms with Gasteiger partial charge in [0, 0.05) is 5.92 Å². The molecule has 2 heteroatoms. The number of rotatable bonds is 0. The molecule has 5 rings (SSSR count). The minimum atomic E-state index is -0.528. The van der Waals surface area contributed by atoms with Crippen LogP contribution in [-0.4, -0.2) is 16.1 Å². The van der Waals surface area contributed by atoms with E-state index >= 15 is 0 Å². The lowest BCUT2D eigenvalue weighted by atomic mass is 9.59. The van der Waals surface area contributed by atoms with Gasteiger partial charge < -0.3 is 0 Å². The van der Waals surface area contributed by atoms with Crippen molar-refractivity contribution in [3.8, 4) is 0 Å². The molecule has 1 heterocycles. The number of nitrogens with zero attached hydrogens (tertiary/aromatic N) is 1. The van der Waals surface area contributed by atoms with Gasteiger partial charge in [-0.2, -0.15) is 0 Å². The first-order valence-electron chi connectivity index (χ1n) is 8.78. The van der Waals surface area contributed by atoms with Crippen LogP contribution in [0.2, 0.25) is 0 Å². The summed E-state index contributed by atoms with van der Waals surface area (Å²) in [6.45, 7) is 8.26. The molecular weight excluding hydrogens is 294 g/mol. The lowest BCUT2D eigenvalue weighted by Gasteiger charge is -2.54. The second-order valence-corrected chi connectivity index (χ2v) is 8.40. The van der Waals surface area contributed by atoms with E-state index in [0.29, 0.717) is 5.92 Å². The van der Waals surface area contributed by atoms with Crippen molar-refractivity contribution < 1.29 is 5.21 Å². The summed E-state index contributed by atoms with van der Waals surface area (Å²) in [6.07, 6.45) is 16.6. The summed E-state index contributed by atoms with van der Waals surface area (Å²) in [6, 6.07) is 0. The molecule has 1 atom stereocenters. The molecule has 4 aliphatic carbocycles. The Balaban J connectivity index is 1.89. The largest absolute Gasteiger partial charge is 0.135 e. The van der Waals surface area contributed by atoms with Crippen molar-refractivity contribution in [2.45, 2.75) is 45.2 Å². The predicted octanol–water partition coefficient (Wildman–Crippen LogP) is 4.75. The van der Waals surface area contributed by atoms with Crippen LogP contribution < -0.4 is 0 Å². The summed E-state index contributed by atoms with van der Waals surface area (Å²) in [5.41, 5.74) is 8.28. The summed E-state index contributed by atoms with van der Waals surface area (Å²) in [7, 11) is 0. The van der Waals surface area contributed by atoms with E-state index in [4.69, 9.17) is 0 Å². The Labute approximate surface area is 143 Å². The van der Waals surface area contributed by atoms with Gasteiger partial charge in [-0.25, -0.2) is 0 Å². The number of hydroxylamine groups is 2. The van der Waals surface area contributed by atoms with Gasteiger partial charge in [0.2, 0.25) is 0 Å². The zero-order valence-corrected chi connectivity index (χ0v) is 14.7. The third-order valence-corrected chi connectivity index (χ3v) is 6.33. The van der Waals surface area contributed by atoms with Gasteiger partial charge in [0.1, 0.15) is 0 Å². The van der Waals surface area contributed by atoms with Gasteiger partial charge in [-0.15, -0.1) is 10.3 Å². The molecule has 0 saturated carbocycles. The van der Waals surface area contributed by atoms with Gasteiger partial charge in [0.25, 0.3) is 0 Å². The zero-order chi connectivity index (χ0) is 16.9. The van der Waals surface area contributed by atoms with Crippen molar-refractivity contribution in [2.75, 3.05) is 0 Å². The molecule has 1 radical (unpaired) electrons. The Morgan fingerprint density at radius 1 is 1.04 bits per heavy atom. The topological polar surface area (TPSA) is 23.1 Å². The molecule has 0 saturated heterocycles. The Morgan fingerprint density at radius 2 is 1.83 bits per heavy atom. The van der Waals surface area contributed by atoms with E-state index in [2.05, 4.69) is 70.2 Å². The van der Waals surface area contributed by atoms with Crippen LogP contribution in [0.5, 0.6) is 0 Å². The third-order valence-electron chi connectivity index (χ3n) is 6.33. The smallest absolute Gasteiger partial charge is 0.0701 e. The summed E-state index contributed by atoms with van der Waals surface area (Å²) in [5.74, 6) is 0.349. The molecule has 5 aliphatic rings. The molecule has 0 amide bonds. The van der Waals surface area contributed by atoms with Crippen LogP contribution in [-0.2, 0) is 5.21 Å². The minimum absolute atomic E-state index is 0.349. The maximum absolute atomic E-state index is 13.2. The molecule has 0 fully saturated rings. The molecular formula is C22H22NO. The van der Waals surface area contributed by atoms with Gasteiger partial charge in [0.15, 0.2) is 0 Å². The summed E-state index contributed by atoms with van der Waals surface area (Å²) in [4.78, 5) is 0. The van der Waals surface area contributed by atoms with Crippen LogP contribution in [0, 0.1) is 5.92 Å². The van der Waals surface area contributed by atoms with E-state index in [9.17, 15) is 5.21 Å². The quantitative estimate of drug-likeness (QED) is 0.632. The second kappa shape index (κ2) is 4.19. The fourth-order valence-corrected chi connectivity index (χ4v) is 5.17. The predicted molar refractivity (Wildman–Crippen MR) is 95.4 cm³/mol. The van der Waals surface area contributed by atoms with Crippen molar-refractivity contribution >= 4 is 0 Å². The zero-order valence-electron chi connectivity index (χ0n) is 14.7. The van der Waals surface area contributed by atoms with Crippen LogP contribution in [0.3, 0.4) is 0 Å². The van der Waals surface area contributed by atoms with Gasteiger partial charge in [-0.05, 0) is 73.1 Å². The molecule has 0 spiro atoms. The lowest BCUT2D eigenvalue weighted by molar-refractivity contribution is -0.254. The summed E-state index contributed by atoms with van der Waals surface area (Å²) >= 11 is 0. The highest BCUT2D eigenvalue weighted by Gasteiger charge is 2.53. The van der Waals surface area contributed by atoms with E-state index in [1.165, 1.54) is 44.1 Å². The van der Waals surface area contributed by atoms with Crippen LogP contribution >= 0.6 is 0 Å². The lowest BCUT2D eigenvalue weighted by Crippen LogP contribution is -2.59. The monoisotopic (exact) mass is 316 g/mol. The molecule has 0 aromatic rings. The molecule has 0 bridgehead atoms. The Bertz CT molecular complexity index is 896. The molecule has 1 aliphatic heterocycles. The Kier molecular flexibility index (Phi) is 2.52. The average Bonchev–Trinajstić information content (AvgIpc) is 2.57. The highest BCUT2D eigenvalue weighted by atomic mass is 16.5. The SMILES string of the molecule is CC1(C)C2=CCC3=C4C2=C(C=C2C=CC=C(C=C3)C24)C(C)(C)N1[O]. The molecule has 24 heavy (non-hydrogen) atoms. The first-order valence-corrected chi connectivity index (χ1v) is 8.78. The van der Waals surface area contributed by atoms with Crippen LogP contribution in [0.15, 0.2) is 81.5 Å². The van der Waals surface area contributed by atoms with Crippen molar-refractivity contribution in [1.29, 1.82) is 0 Å². The number of hydrogen-bond acceptors (Lipinski definition) is 1. The van der Waals surface area contributed by atoms with Crippen molar-refractivity contribution in [1.82, 2.24) is 5.06 Å². The maximum Gasteiger partial charge on any atom is 0.0701 e. The third kappa shape index (κ3) is 1.49. The van der Waals surface area contributed by atoms with E-state index in [-0.39, 0.29) is 0 Å². The molecule has 0 aromatic heterocycles. The van der Waals surface area contributed by atoms with Crippen molar-refractivity contribution in [2.24, 2.45) is 5.92 Å². The molecule has 121 valence electrons. The average molecular weight is 316 g/mol.